The average Bonchev–Trinajstić information content (AvgIpc) is 3.02. The van der Waals surface area contributed by atoms with Crippen LogP contribution in [0.2, 0.25) is 0 Å². The van der Waals surface area contributed by atoms with Crippen LogP contribution in [0.3, 0.4) is 0 Å². The molecule has 134 valence electrons. The zero-order valence-corrected chi connectivity index (χ0v) is 15.0. The van der Waals surface area contributed by atoms with Crippen LogP contribution in [-0.4, -0.2) is 42.3 Å². The van der Waals surface area contributed by atoms with Gasteiger partial charge in [-0.15, -0.1) is 12.4 Å². The number of ether oxygens (including phenoxy) is 1. The molecule has 1 heterocycles. The van der Waals surface area contributed by atoms with Gasteiger partial charge in [0.1, 0.15) is 11.5 Å². The van der Waals surface area contributed by atoms with Crippen LogP contribution in [-0.2, 0) is 16.0 Å². The van der Waals surface area contributed by atoms with Crippen LogP contribution in [0.15, 0.2) is 24.3 Å². The Morgan fingerprint density at radius 3 is 2.58 bits per heavy atom. The molecule has 0 saturated carbocycles. The lowest BCUT2D eigenvalue weighted by Crippen LogP contribution is -2.40. The maximum absolute atomic E-state index is 12.2. The minimum Gasteiger partial charge on any atom is -0.493 e. The first-order valence-electron chi connectivity index (χ1n) is 8.31. The molecule has 5 nitrogen and oxygen atoms in total. The first-order chi connectivity index (χ1) is 11.1. The maximum atomic E-state index is 12.2. The number of aryl methyl sites for hydroxylation is 1. The molecule has 1 aromatic rings. The number of nitrogens with two attached hydrogens (primary N) is 1. The van der Waals surface area contributed by atoms with Crippen LogP contribution in [0.5, 0.6) is 5.75 Å². The van der Waals surface area contributed by atoms with Crippen molar-refractivity contribution in [1.29, 1.82) is 0 Å². The SMILES string of the molecule is CC(=O)CCc1ccc(OCCC(=O)N2CCCC2CN)cc1.Cl. The predicted molar refractivity (Wildman–Crippen MR) is 96.6 cm³/mol. The molecule has 0 aromatic heterocycles. The van der Waals surface area contributed by atoms with E-state index in [4.69, 9.17) is 10.5 Å². The highest BCUT2D eigenvalue weighted by Crippen LogP contribution is 2.18. The molecule has 0 spiro atoms. The number of hydrogen-bond acceptors (Lipinski definition) is 4. The van der Waals surface area contributed by atoms with Gasteiger partial charge in [0.15, 0.2) is 0 Å². The maximum Gasteiger partial charge on any atom is 0.226 e. The Hall–Kier alpha value is -1.59. The van der Waals surface area contributed by atoms with Crippen molar-refractivity contribution in [1.82, 2.24) is 4.90 Å². The number of Topliss-reactive ketones (excluding diaryl/α,β-unsaturated/α-hetero) is 1. The van der Waals surface area contributed by atoms with Gasteiger partial charge in [0.25, 0.3) is 0 Å². The lowest BCUT2D eigenvalue weighted by atomic mass is 10.1. The van der Waals surface area contributed by atoms with Crippen molar-refractivity contribution in [2.45, 2.75) is 45.1 Å². The second-order valence-electron chi connectivity index (χ2n) is 6.06. The fourth-order valence-corrected chi connectivity index (χ4v) is 2.88. The van der Waals surface area contributed by atoms with Crippen LogP contribution in [0, 0.1) is 0 Å². The first kappa shape index (κ1) is 20.5. The molecule has 24 heavy (non-hydrogen) atoms. The van der Waals surface area contributed by atoms with Gasteiger partial charge in [-0.3, -0.25) is 4.79 Å². The van der Waals surface area contributed by atoms with Crippen molar-refractivity contribution >= 4 is 24.1 Å². The van der Waals surface area contributed by atoms with Crippen LogP contribution in [0.1, 0.15) is 38.2 Å². The van der Waals surface area contributed by atoms with E-state index in [0.717, 1.165) is 37.1 Å². The van der Waals surface area contributed by atoms with Gasteiger partial charge in [0, 0.05) is 25.6 Å². The molecule has 1 aliphatic rings. The molecule has 1 amide bonds. The third-order valence-corrected chi connectivity index (χ3v) is 4.24. The summed E-state index contributed by atoms with van der Waals surface area (Å²) in [6.45, 7) is 3.32. The minimum atomic E-state index is 0. The van der Waals surface area contributed by atoms with Gasteiger partial charge >= 0.3 is 0 Å². The predicted octanol–water partition coefficient (Wildman–Crippen LogP) is 2.35. The Balaban J connectivity index is 0.00000288. The number of ketones is 1. The van der Waals surface area contributed by atoms with E-state index < -0.39 is 0 Å². The van der Waals surface area contributed by atoms with Gasteiger partial charge in [-0.1, -0.05) is 12.1 Å². The molecular weight excluding hydrogens is 328 g/mol. The molecule has 0 aliphatic carbocycles. The summed E-state index contributed by atoms with van der Waals surface area (Å²) < 4.78 is 5.64. The molecule has 1 aromatic carbocycles. The van der Waals surface area contributed by atoms with Gasteiger partial charge in [0.05, 0.1) is 13.0 Å². The zero-order chi connectivity index (χ0) is 16.7. The van der Waals surface area contributed by atoms with E-state index in [1.54, 1.807) is 6.92 Å². The number of nitrogens with zero attached hydrogens (tertiary/aromatic N) is 1. The largest absolute Gasteiger partial charge is 0.493 e. The van der Waals surface area contributed by atoms with Gasteiger partial charge in [-0.2, -0.15) is 0 Å². The molecule has 1 atom stereocenters. The Labute approximate surface area is 149 Å². The summed E-state index contributed by atoms with van der Waals surface area (Å²) in [5, 5.41) is 0. The lowest BCUT2D eigenvalue weighted by molar-refractivity contribution is -0.132. The Bertz CT molecular complexity index is 534. The van der Waals surface area contributed by atoms with E-state index in [9.17, 15) is 9.59 Å². The summed E-state index contributed by atoms with van der Waals surface area (Å²) in [6.07, 6.45) is 3.74. The molecule has 0 radical (unpaired) electrons. The molecule has 2 N–H and O–H groups in total. The van der Waals surface area contributed by atoms with Gasteiger partial charge in [0.2, 0.25) is 5.91 Å². The summed E-state index contributed by atoms with van der Waals surface area (Å²) in [6, 6.07) is 7.90. The van der Waals surface area contributed by atoms with Crippen LogP contribution in [0.4, 0.5) is 0 Å². The Kier molecular flexibility index (Phi) is 8.79. The van der Waals surface area contributed by atoms with Crippen LogP contribution in [0.25, 0.3) is 0 Å². The third kappa shape index (κ3) is 6.13. The van der Waals surface area contributed by atoms with Crippen LogP contribution < -0.4 is 10.5 Å². The van der Waals surface area contributed by atoms with E-state index in [1.165, 1.54) is 0 Å². The molecular formula is C18H27ClN2O3. The molecule has 6 heteroatoms. The van der Waals surface area contributed by atoms with Gasteiger partial charge in [-0.05, 0) is 43.9 Å². The monoisotopic (exact) mass is 354 g/mol. The smallest absolute Gasteiger partial charge is 0.226 e. The van der Waals surface area contributed by atoms with Crippen molar-refractivity contribution in [3.05, 3.63) is 29.8 Å². The van der Waals surface area contributed by atoms with Gasteiger partial charge < -0.3 is 20.2 Å². The highest BCUT2D eigenvalue weighted by Gasteiger charge is 2.26. The number of benzene rings is 1. The Morgan fingerprint density at radius 2 is 1.96 bits per heavy atom. The summed E-state index contributed by atoms with van der Waals surface area (Å²) >= 11 is 0. The number of carbonyl (C=O) groups excluding carboxylic acids is 2. The minimum absolute atomic E-state index is 0. The molecule has 1 unspecified atom stereocenters. The molecule has 2 rings (SSSR count). The summed E-state index contributed by atoms with van der Waals surface area (Å²) in [5.74, 6) is 1.07. The van der Waals surface area contributed by atoms with Crippen LogP contribution >= 0.6 is 12.4 Å². The number of amides is 1. The number of likely N-dealkylation sites (tertiary alicyclic amines) is 1. The number of rotatable bonds is 8. The van der Waals surface area contributed by atoms with Crippen molar-refractivity contribution in [2.75, 3.05) is 19.7 Å². The quantitative estimate of drug-likeness (QED) is 0.777. The molecule has 0 bridgehead atoms. The van der Waals surface area contributed by atoms with Crippen molar-refractivity contribution in [2.24, 2.45) is 5.73 Å². The fraction of sp³-hybridized carbons (Fsp3) is 0.556. The lowest BCUT2D eigenvalue weighted by Gasteiger charge is -2.23. The summed E-state index contributed by atoms with van der Waals surface area (Å²) in [4.78, 5) is 25.0. The van der Waals surface area contributed by atoms with Crippen molar-refractivity contribution in [3.63, 3.8) is 0 Å². The number of hydrogen-bond donors (Lipinski definition) is 1. The second kappa shape index (κ2) is 10.3. The third-order valence-electron chi connectivity index (χ3n) is 4.24. The second-order valence-corrected chi connectivity index (χ2v) is 6.06. The topological polar surface area (TPSA) is 72.6 Å². The zero-order valence-electron chi connectivity index (χ0n) is 14.2. The highest BCUT2D eigenvalue weighted by atomic mass is 35.5. The van der Waals surface area contributed by atoms with Crippen molar-refractivity contribution in [3.8, 4) is 5.75 Å². The summed E-state index contributed by atoms with van der Waals surface area (Å²) in [5.41, 5.74) is 6.81. The normalized spacial score (nSPS) is 16.6. The average molecular weight is 355 g/mol. The first-order valence-corrected chi connectivity index (χ1v) is 8.31. The molecule has 1 fully saturated rings. The van der Waals surface area contributed by atoms with E-state index in [-0.39, 0.29) is 30.1 Å². The van der Waals surface area contributed by atoms with E-state index in [1.807, 2.05) is 29.2 Å². The van der Waals surface area contributed by atoms with E-state index in [0.29, 0.717) is 26.0 Å². The Morgan fingerprint density at radius 1 is 1.25 bits per heavy atom. The van der Waals surface area contributed by atoms with Gasteiger partial charge in [-0.25, -0.2) is 0 Å². The summed E-state index contributed by atoms with van der Waals surface area (Å²) in [7, 11) is 0. The van der Waals surface area contributed by atoms with E-state index >= 15 is 0 Å². The van der Waals surface area contributed by atoms with Crippen molar-refractivity contribution < 1.29 is 14.3 Å². The molecule has 1 saturated heterocycles. The standard InChI is InChI=1S/C18H26N2O3.ClH/c1-14(21)4-5-15-6-8-17(9-7-15)23-12-10-18(22)20-11-2-3-16(20)13-19;/h6-9,16H,2-5,10-13,19H2,1H3;1H. The number of halogens is 1. The molecule has 1 aliphatic heterocycles. The number of carbonyl (C=O) groups is 2. The van der Waals surface area contributed by atoms with E-state index in [2.05, 4.69) is 0 Å². The fourth-order valence-electron chi connectivity index (χ4n) is 2.88. The highest BCUT2D eigenvalue weighted by molar-refractivity contribution is 5.85.